The summed E-state index contributed by atoms with van der Waals surface area (Å²) >= 11 is 0. The molecule has 0 amide bonds. The van der Waals surface area contributed by atoms with Crippen molar-refractivity contribution in [1.82, 2.24) is 4.98 Å². The third-order valence-corrected chi connectivity index (χ3v) is 4.41. The second-order valence-corrected chi connectivity index (χ2v) is 6.08. The third-order valence-electron chi connectivity index (χ3n) is 4.41. The Morgan fingerprint density at radius 1 is 0.913 bits per heavy atom. The van der Waals surface area contributed by atoms with E-state index in [2.05, 4.69) is 11.9 Å². The summed E-state index contributed by atoms with van der Waals surface area (Å²) < 4.78 is 0. The van der Waals surface area contributed by atoms with Crippen molar-refractivity contribution in [2.45, 2.75) is 39.0 Å². The molecule has 3 rings (SSSR count). The van der Waals surface area contributed by atoms with Crippen molar-refractivity contribution in [3.05, 3.63) is 47.0 Å². The zero-order valence-corrected chi connectivity index (χ0v) is 13.4. The van der Waals surface area contributed by atoms with Crippen LogP contribution in [0.2, 0.25) is 0 Å². The molecule has 1 heterocycles. The topological polar surface area (TPSA) is 49.9 Å². The molecule has 0 saturated carbocycles. The highest BCUT2D eigenvalue weighted by Gasteiger charge is 2.11. The highest BCUT2D eigenvalue weighted by Crippen LogP contribution is 2.30. The first-order valence-corrected chi connectivity index (χ1v) is 8.25. The molecule has 0 aliphatic carbocycles. The number of unbranched alkanes of at least 4 members (excludes halogenated alkanes) is 3. The zero-order valence-electron chi connectivity index (χ0n) is 13.4. The molecule has 0 radical (unpaired) electrons. The number of H-pyrrole nitrogens is 1. The van der Waals surface area contributed by atoms with Gasteiger partial charge < -0.3 is 4.98 Å². The van der Waals surface area contributed by atoms with Crippen LogP contribution >= 0.6 is 0 Å². The predicted molar refractivity (Wildman–Crippen MR) is 94.4 cm³/mol. The van der Waals surface area contributed by atoms with E-state index in [9.17, 15) is 9.59 Å². The molecule has 0 fully saturated rings. The third kappa shape index (κ3) is 3.04. The van der Waals surface area contributed by atoms with Crippen molar-refractivity contribution in [2.24, 2.45) is 0 Å². The molecule has 1 aromatic heterocycles. The van der Waals surface area contributed by atoms with Crippen molar-refractivity contribution in [3.63, 3.8) is 0 Å². The van der Waals surface area contributed by atoms with E-state index in [1.165, 1.54) is 24.8 Å². The van der Waals surface area contributed by atoms with Crippen molar-refractivity contribution in [3.8, 4) is 0 Å². The predicted octanol–water partition coefficient (Wildman–Crippen LogP) is 5.07. The Balaban J connectivity index is 2.11. The summed E-state index contributed by atoms with van der Waals surface area (Å²) in [5.41, 5.74) is 4.62. The van der Waals surface area contributed by atoms with Crippen LogP contribution in [0.3, 0.4) is 0 Å². The number of aromatic nitrogens is 1. The number of carbonyl (C=O) groups excluding carboxylic acids is 2. The van der Waals surface area contributed by atoms with E-state index in [1.54, 1.807) is 0 Å². The first-order chi connectivity index (χ1) is 11.3. The molecule has 23 heavy (non-hydrogen) atoms. The van der Waals surface area contributed by atoms with Gasteiger partial charge in [-0.3, -0.25) is 9.59 Å². The minimum absolute atomic E-state index is 0.652. The number of rotatable bonds is 7. The molecule has 0 saturated heterocycles. The summed E-state index contributed by atoms with van der Waals surface area (Å²) in [7, 11) is 0. The number of aryl methyl sites for hydroxylation is 1. The van der Waals surface area contributed by atoms with Gasteiger partial charge in [0.15, 0.2) is 0 Å². The Morgan fingerprint density at radius 2 is 1.70 bits per heavy atom. The minimum Gasteiger partial charge on any atom is -0.354 e. The number of fused-ring (bicyclic) bond motifs is 3. The Bertz CT molecular complexity index is 861. The fourth-order valence-electron chi connectivity index (χ4n) is 3.20. The molecule has 0 atom stereocenters. The van der Waals surface area contributed by atoms with Crippen LogP contribution in [0.5, 0.6) is 0 Å². The average molecular weight is 307 g/mol. The number of nitrogens with one attached hydrogen (secondary N) is 1. The lowest BCUT2D eigenvalue weighted by Crippen LogP contribution is -1.91. The highest BCUT2D eigenvalue weighted by molar-refractivity contribution is 6.10. The number of benzene rings is 2. The molecule has 3 nitrogen and oxygen atoms in total. The fourth-order valence-corrected chi connectivity index (χ4v) is 3.20. The standard InChI is InChI=1S/C20H21NO2/c1-2-3-4-5-6-16-9-15(13-23)11-18-17-10-14(12-22)7-8-19(17)21-20(16)18/h7-13,21H,2-6H2,1H3. The van der Waals surface area contributed by atoms with Crippen molar-refractivity contribution < 1.29 is 9.59 Å². The quantitative estimate of drug-likeness (QED) is 0.489. The maximum absolute atomic E-state index is 11.3. The van der Waals surface area contributed by atoms with E-state index >= 15 is 0 Å². The van der Waals surface area contributed by atoms with Crippen LogP contribution in [-0.2, 0) is 6.42 Å². The van der Waals surface area contributed by atoms with Crippen LogP contribution in [0, 0.1) is 0 Å². The molecule has 2 aromatic carbocycles. The molecule has 0 spiro atoms. The van der Waals surface area contributed by atoms with Crippen LogP contribution in [0.1, 0.15) is 58.9 Å². The second kappa shape index (κ2) is 6.78. The number of carbonyl (C=O) groups is 2. The van der Waals surface area contributed by atoms with E-state index in [0.717, 1.165) is 47.2 Å². The van der Waals surface area contributed by atoms with Gasteiger partial charge in [-0.15, -0.1) is 0 Å². The van der Waals surface area contributed by atoms with Crippen molar-refractivity contribution in [1.29, 1.82) is 0 Å². The van der Waals surface area contributed by atoms with Gasteiger partial charge >= 0.3 is 0 Å². The van der Waals surface area contributed by atoms with Gasteiger partial charge in [0.2, 0.25) is 0 Å². The smallest absolute Gasteiger partial charge is 0.150 e. The molecule has 118 valence electrons. The first-order valence-electron chi connectivity index (χ1n) is 8.25. The van der Waals surface area contributed by atoms with E-state index in [0.29, 0.717) is 11.1 Å². The van der Waals surface area contributed by atoms with Gasteiger partial charge in [0.1, 0.15) is 12.6 Å². The molecule has 1 N–H and O–H groups in total. The molecule has 0 aliphatic rings. The summed E-state index contributed by atoms with van der Waals surface area (Å²) in [5, 5.41) is 2.03. The van der Waals surface area contributed by atoms with E-state index in [4.69, 9.17) is 0 Å². The number of aromatic amines is 1. The van der Waals surface area contributed by atoms with Gasteiger partial charge in [-0.25, -0.2) is 0 Å². The lowest BCUT2D eigenvalue weighted by Gasteiger charge is -2.05. The molecular formula is C20H21NO2. The van der Waals surface area contributed by atoms with Crippen LogP contribution in [0.4, 0.5) is 0 Å². The summed E-state index contributed by atoms with van der Waals surface area (Å²) in [6, 6.07) is 9.52. The van der Waals surface area contributed by atoms with Crippen LogP contribution in [0.25, 0.3) is 21.8 Å². The normalized spacial score (nSPS) is 11.2. The number of hydrogen-bond donors (Lipinski definition) is 1. The van der Waals surface area contributed by atoms with E-state index in [-0.39, 0.29) is 0 Å². The van der Waals surface area contributed by atoms with E-state index in [1.807, 2.05) is 30.3 Å². The zero-order chi connectivity index (χ0) is 16.2. The van der Waals surface area contributed by atoms with Crippen LogP contribution in [0.15, 0.2) is 30.3 Å². The lowest BCUT2D eigenvalue weighted by molar-refractivity contribution is 0.111. The van der Waals surface area contributed by atoms with Gasteiger partial charge in [0.05, 0.1) is 0 Å². The monoisotopic (exact) mass is 307 g/mol. The van der Waals surface area contributed by atoms with Gasteiger partial charge in [-0.2, -0.15) is 0 Å². The van der Waals surface area contributed by atoms with Crippen molar-refractivity contribution in [2.75, 3.05) is 0 Å². The van der Waals surface area contributed by atoms with Gasteiger partial charge in [0.25, 0.3) is 0 Å². The summed E-state index contributed by atoms with van der Waals surface area (Å²) in [6.07, 6.45) is 7.51. The van der Waals surface area contributed by atoms with E-state index < -0.39 is 0 Å². The Labute approximate surface area is 135 Å². The maximum atomic E-state index is 11.3. The fraction of sp³-hybridized carbons (Fsp3) is 0.300. The van der Waals surface area contributed by atoms with Gasteiger partial charge in [-0.1, -0.05) is 26.2 Å². The molecule has 3 aromatic rings. The number of aldehydes is 2. The van der Waals surface area contributed by atoms with Gasteiger partial charge in [-0.05, 0) is 48.7 Å². The summed E-state index contributed by atoms with van der Waals surface area (Å²) in [4.78, 5) is 25.8. The SMILES string of the molecule is CCCCCCc1cc(C=O)cc2c1[nH]c1ccc(C=O)cc12. The second-order valence-electron chi connectivity index (χ2n) is 6.08. The maximum Gasteiger partial charge on any atom is 0.150 e. The number of hydrogen-bond acceptors (Lipinski definition) is 2. The average Bonchev–Trinajstić information content (AvgIpc) is 2.96. The Morgan fingerprint density at radius 3 is 2.43 bits per heavy atom. The van der Waals surface area contributed by atoms with Crippen LogP contribution in [-0.4, -0.2) is 17.6 Å². The highest BCUT2D eigenvalue weighted by atomic mass is 16.1. The van der Waals surface area contributed by atoms with Crippen LogP contribution < -0.4 is 0 Å². The minimum atomic E-state index is 0.652. The molecule has 0 bridgehead atoms. The summed E-state index contributed by atoms with van der Waals surface area (Å²) in [5.74, 6) is 0. The Hall–Kier alpha value is -2.42. The molecule has 0 aliphatic heterocycles. The lowest BCUT2D eigenvalue weighted by atomic mass is 10.00. The molecular weight excluding hydrogens is 286 g/mol. The van der Waals surface area contributed by atoms with Crippen molar-refractivity contribution >= 4 is 34.4 Å². The Kier molecular flexibility index (Phi) is 4.56. The summed E-state index contributed by atoms with van der Waals surface area (Å²) in [6.45, 7) is 2.20. The molecule has 0 unspecified atom stereocenters. The van der Waals surface area contributed by atoms with Gasteiger partial charge in [0, 0.05) is 32.9 Å². The largest absolute Gasteiger partial charge is 0.354 e. The first kappa shape index (κ1) is 15.5. The molecule has 3 heteroatoms.